The van der Waals surface area contributed by atoms with Crippen molar-refractivity contribution in [1.82, 2.24) is 73.8 Å². The molecule has 4 aromatic carbocycles. The zero-order valence-corrected chi connectivity index (χ0v) is 77.9. The quantitative estimate of drug-likeness (QED) is 0.0580. The predicted molar refractivity (Wildman–Crippen MR) is 485 cm³/mol. The Morgan fingerprint density at radius 2 is 1.02 bits per heavy atom. The fourth-order valence-electron chi connectivity index (χ4n) is 13.7. The van der Waals surface area contributed by atoms with E-state index >= 15 is 8.78 Å². The van der Waals surface area contributed by atoms with Gasteiger partial charge in [-0.25, -0.2) is 37.8 Å². The summed E-state index contributed by atoms with van der Waals surface area (Å²) in [6.45, 7) is 32.7. The first-order chi connectivity index (χ1) is 60.4. The van der Waals surface area contributed by atoms with Crippen molar-refractivity contribution in [3.8, 4) is 22.6 Å². The zero-order valence-electron chi connectivity index (χ0n) is 74.8. The summed E-state index contributed by atoms with van der Waals surface area (Å²) >= 11 is 14.4. The van der Waals surface area contributed by atoms with Crippen LogP contribution >= 0.6 is 39.1 Å². The van der Waals surface area contributed by atoms with Crippen LogP contribution in [0.25, 0.3) is 44.2 Å². The van der Waals surface area contributed by atoms with Crippen LogP contribution in [0.15, 0.2) is 163 Å². The van der Waals surface area contributed by atoms with Crippen molar-refractivity contribution in [2.45, 2.75) is 189 Å². The molecule has 5 N–H and O–H groups in total. The number of carbonyl (C=O) groups is 1. The van der Waals surface area contributed by atoms with Gasteiger partial charge in [-0.2, -0.15) is 34.9 Å². The second-order valence-corrected chi connectivity index (χ2v) is 36.7. The molecule has 34 nitrogen and oxygen atoms in total. The van der Waals surface area contributed by atoms with Crippen molar-refractivity contribution in [1.29, 1.82) is 0 Å². The standard InChI is InChI=1S/C33H34FN7O5.C27H32BFN2O5.C15H17ClN4O3.C9H13N3O2.C5H4BrClN2O/c1-32(2,3)19-10-18-13-37-41(31(44)29(18)22(34)11-19)26-9-7-8-20(21(26)16-42)23-12-24(30(43)40(6)39-23)38-28-15-35-25(14-36-28)27-17-45-33(4,5)46-27;1-16(32)34-15-19-20(28-35-26(5,6)27(7,8)36-28)10-9-11-22(19)31-24(33)23-17(14-30-31)12-18(13-21(23)29)25(2,3)4;1-15(2)22-8-11(23-15)9-4-5-13(17-7-9)18-10-6-12(16)19-20(3)14(10)21;1-9(2)13-5-7(14-9)6-3-12-8(10)4-11-6;1-9-5(10)3(6)2-4(7)8-9/h7-15,27,42H,16-17H2,1-6H3,(H,36,38);9-14H,15H2,1-8H3;4-7,11H,8H2,1-3H3,(H,17,18);3-4,7H,5H2,1-2H3,(H2,10,12);2H,1H3/t27-;;11-;7-;/m1.11./s1. The number of pyridine rings is 1. The molecule has 129 heavy (non-hydrogen) atoms. The van der Waals surface area contributed by atoms with Gasteiger partial charge in [0, 0.05) is 73.4 Å². The number of carbonyl (C=O) groups excluding carboxylic acids is 1. The molecule has 12 heterocycles. The number of aliphatic hydroxyl groups is 1. The maximum absolute atomic E-state index is 15.3. The van der Waals surface area contributed by atoms with E-state index in [-0.39, 0.29) is 74.2 Å². The number of halogens is 5. The van der Waals surface area contributed by atoms with Crippen molar-refractivity contribution in [2.75, 3.05) is 36.2 Å². The number of hydrogen-bond acceptors (Lipinski definition) is 29. The van der Waals surface area contributed by atoms with Crippen molar-refractivity contribution in [2.24, 2.45) is 21.1 Å². The van der Waals surface area contributed by atoms with Gasteiger partial charge in [0.2, 0.25) is 0 Å². The summed E-state index contributed by atoms with van der Waals surface area (Å²) in [5.41, 5.74) is 8.46. The molecule has 0 spiro atoms. The Hall–Kier alpha value is -11.4. The molecule has 4 aliphatic rings. The van der Waals surface area contributed by atoms with E-state index in [4.69, 9.17) is 71.4 Å². The maximum atomic E-state index is 15.3. The number of nitrogens with zero attached hydrogens (tertiary/aromatic N) is 15. The van der Waals surface area contributed by atoms with Crippen LogP contribution in [-0.4, -0.2) is 140 Å². The summed E-state index contributed by atoms with van der Waals surface area (Å²) in [5.74, 6) is -2.31. The number of nitrogen functional groups attached to an aromatic ring is 1. The van der Waals surface area contributed by atoms with Crippen LogP contribution in [0.1, 0.15) is 175 Å². The van der Waals surface area contributed by atoms with E-state index in [1.165, 1.54) is 85.5 Å². The van der Waals surface area contributed by atoms with Gasteiger partial charge >= 0.3 is 13.1 Å². The van der Waals surface area contributed by atoms with Crippen molar-refractivity contribution in [3.63, 3.8) is 0 Å². The number of anilines is 5. The first kappa shape index (κ1) is 96.7. The minimum Gasteiger partial charge on any atom is -0.461 e. The highest BCUT2D eigenvalue weighted by Gasteiger charge is 2.53. The summed E-state index contributed by atoms with van der Waals surface area (Å²) in [5, 5.41) is 38.3. The van der Waals surface area contributed by atoms with Gasteiger partial charge in [-0.1, -0.05) is 95.1 Å². The van der Waals surface area contributed by atoms with Crippen LogP contribution < -0.4 is 49.6 Å². The Morgan fingerprint density at radius 1 is 0.558 bits per heavy atom. The number of fused-ring (bicyclic) bond motifs is 2. The smallest absolute Gasteiger partial charge is 0.461 e. The number of ether oxygens (including phenoxy) is 7. The summed E-state index contributed by atoms with van der Waals surface area (Å²) in [4.78, 5) is 96.0. The number of aliphatic hydroxyl groups excluding tert-OH is 1. The number of esters is 1. The Balaban J connectivity index is 0.000000160. The van der Waals surface area contributed by atoms with Gasteiger partial charge in [-0.3, -0.25) is 38.7 Å². The number of nitrogens with two attached hydrogens (primary N) is 1. The summed E-state index contributed by atoms with van der Waals surface area (Å²) < 4.78 is 88.3. The van der Waals surface area contributed by atoms with Crippen molar-refractivity contribution >= 4 is 108 Å². The van der Waals surface area contributed by atoms with Gasteiger partial charge in [-0.05, 0) is 167 Å². The van der Waals surface area contributed by atoms with Crippen LogP contribution in [0.4, 0.5) is 37.6 Å². The molecule has 0 unspecified atom stereocenters. The molecule has 0 saturated carbocycles. The molecule has 4 aliphatic heterocycles. The fraction of sp³-hybridized carbons (Fsp3) is 0.393. The molecule has 16 rings (SSSR count). The number of aromatic nitrogens is 15. The number of nitrogens with one attached hydrogen (secondary N) is 2. The summed E-state index contributed by atoms with van der Waals surface area (Å²) in [7, 11) is 3.81. The Bertz CT molecular complexity index is 6490. The molecule has 40 heteroatoms. The topological polar surface area (TPSA) is 409 Å². The summed E-state index contributed by atoms with van der Waals surface area (Å²) in [6, 6.07) is 24.6. The highest BCUT2D eigenvalue weighted by molar-refractivity contribution is 9.10. The highest BCUT2D eigenvalue weighted by Crippen LogP contribution is 2.40. The van der Waals surface area contributed by atoms with Gasteiger partial charge in [0.1, 0.15) is 65.4 Å². The van der Waals surface area contributed by atoms with E-state index < -0.39 is 76.6 Å². The molecule has 0 bridgehead atoms. The molecule has 8 aromatic heterocycles. The molecule has 3 atom stereocenters. The lowest BCUT2D eigenvalue weighted by Gasteiger charge is -2.32. The average Bonchev–Trinajstić information content (AvgIpc) is 1.41. The van der Waals surface area contributed by atoms with Gasteiger partial charge in [0.15, 0.2) is 27.7 Å². The summed E-state index contributed by atoms with van der Waals surface area (Å²) in [6.07, 6.45) is 10.2. The van der Waals surface area contributed by atoms with Crippen LogP contribution in [-0.2, 0) is 92.4 Å². The minimum absolute atomic E-state index is 0.0579. The van der Waals surface area contributed by atoms with Crippen molar-refractivity contribution in [3.05, 3.63) is 252 Å². The minimum atomic E-state index is -0.761. The van der Waals surface area contributed by atoms with E-state index in [0.29, 0.717) is 103 Å². The first-order valence-corrected chi connectivity index (χ1v) is 42.3. The molecule has 4 saturated heterocycles. The van der Waals surface area contributed by atoms with Gasteiger partial charge < -0.3 is 63.9 Å². The Labute approximate surface area is 759 Å². The molecular formula is C89H100BBrCl2F2N18O16. The van der Waals surface area contributed by atoms with E-state index in [9.17, 15) is 33.9 Å². The fourth-order valence-corrected chi connectivity index (χ4v) is 14.8. The zero-order chi connectivity index (χ0) is 94.1. The number of rotatable bonds is 14. The largest absolute Gasteiger partial charge is 0.495 e. The Kier molecular flexibility index (Phi) is 28.7. The number of benzene rings is 4. The normalized spacial score (nSPS) is 17.5. The maximum Gasteiger partial charge on any atom is 0.495 e. The lowest BCUT2D eigenvalue weighted by Crippen LogP contribution is -2.41. The van der Waals surface area contributed by atoms with Gasteiger partial charge in [0.25, 0.3) is 27.8 Å². The SMILES string of the molecule is CC(=O)OCc1c(B2OC(C)(C)C(C)(C)O2)cccc1-n1ncc2cc(C(C)(C)C)cc(F)c2c1=O.CC1(C)OC[C@H](c2cnc(N)cn2)O1.Cn1nc(-c2cccc(-n3ncc4cc(C(C)(C)C)cc(F)c4c3=O)c2CO)cc(Nc2cnc([C@H]3COC(C)(C)O3)cn2)c1=O.Cn1nc(Cl)cc(Br)c1=O.Cn1nc(Cl)cc(Nc2ccc([C@H]3COC(C)(C)O3)cn2)c1=O. The van der Waals surface area contributed by atoms with Crippen LogP contribution in [0.5, 0.6) is 0 Å². The van der Waals surface area contributed by atoms with Crippen LogP contribution in [0, 0.1) is 11.6 Å². The van der Waals surface area contributed by atoms with Crippen molar-refractivity contribution < 1.29 is 61.1 Å². The van der Waals surface area contributed by atoms with Crippen LogP contribution in [0.2, 0.25) is 10.3 Å². The molecule has 4 fully saturated rings. The molecule has 12 aromatic rings. The van der Waals surface area contributed by atoms with Crippen LogP contribution in [0.3, 0.4) is 0 Å². The second-order valence-electron chi connectivity index (χ2n) is 35.0. The molecular weight excluding hydrogens is 1780 g/mol. The van der Waals surface area contributed by atoms with E-state index in [1.54, 1.807) is 80.2 Å². The Morgan fingerprint density at radius 3 is 1.48 bits per heavy atom. The molecule has 0 amide bonds. The van der Waals surface area contributed by atoms with E-state index in [2.05, 4.69) is 77.0 Å². The van der Waals surface area contributed by atoms with Gasteiger partial charge in [-0.15, -0.1) is 0 Å². The van der Waals surface area contributed by atoms with E-state index in [0.717, 1.165) is 36.4 Å². The highest BCUT2D eigenvalue weighted by atomic mass is 79.9. The third kappa shape index (κ3) is 22.7. The molecule has 680 valence electrons. The first-order valence-electron chi connectivity index (χ1n) is 40.7. The molecule has 0 radical (unpaired) electrons. The van der Waals surface area contributed by atoms with Gasteiger partial charge in [0.05, 0.1) is 119 Å². The second kappa shape index (κ2) is 38.3. The monoisotopic (exact) mass is 1870 g/mol. The lowest BCUT2D eigenvalue weighted by atomic mass is 9.75. The lowest BCUT2D eigenvalue weighted by molar-refractivity contribution is -0.142. The predicted octanol–water partition coefficient (Wildman–Crippen LogP) is 13.1. The third-order valence-electron chi connectivity index (χ3n) is 21.4. The number of hydrogen-bond donors (Lipinski definition) is 4. The molecule has 0 aliphatic carbocycles. The van der Waals surface area contributed by atoms with E-state index in [1.807, 2.05) is 117 Å². The number of aryl methyl sites for hydroxylation is 3. The third-order valence-corrected chi connectivity index (χ3v) is 22.3. The average molecular weight is 1880 g/mol.